The number of hydrogen-bond donors (Lipinski definition) is 1. The van der Waals surface area contributed by atoms with Gasteiger partial charge in [0.25, 0.3) is 0 Å². The summed E-state index contributed by atoms with van der Waals surface area (Å²) in [5.74, 6) is 0.863. The molecule has 2 unspecified atom stereocenters. The number of rotatable bonds is 6. The normalized spacial score (nSPS) is 13.7. The molecule has 21 heavy (non-hydrogen) atoms. The van der Waals surface area contributed by atoms with Crippen LogP contribution in [0.25, 0.3) is 0 Å². The zero-order valence-electron chi connectivity index (χ0n) is 12.9. The van der Waals surface area contributed by atoms with Crippen LogP contribution in [0.15, 0.2) is 53.4 Å². The Labute approximate surface area is 131 Å². The summed E-state index contributed by atoms with van der Waals surface area (Å²) in [4.78, 5) is 1.23. The summed E-state index contributed by atoms with van der Waals surface area (Å²) in [5.41, 5.74) is 8.63. The lowest BCUT2D eigenvalue weighted by Crippen LogP contribution is -2.31. The average Bonchev–Trinajstić information content (AvgIpc) is 2.53. The lowest BCUT2D eigenvalue weighted by atomic mass is 10.00. The summed E-state index contributed by atoms with van der Waals surface area (Å²) >= 11 is 1.72. The van der Waals surface area contributed by atoms with Crippen LogP contribution in [0.3, 0.4) is 0 Å². The first-order valence-corrected chi connectivity index (χ1v) is 8.49. The lowest BCUT2D eigenvalue weighted by molar-refractivity contribution is 0.171. The molecule has 0 saturated heterocycles. The Kier molecular flexibility index (Phi) is 5.71. The summed E-state index contributed by atoms with van der Waals surface area (Å²) in [5, 5.41) is 0. The molecule has 2 aromatic rings. The molecule has 2 rings (SSSR count). The first-order valence-electron chi connectivity index (χ1n) is 7.27. The highest BCUT2D eigenvalue weighted by Crippen LogP contribution is 2.27. The van der Waals surface area contributed by atoms with Crippen molar-refractivity contribution in [2.24, 2.45) is 5.73 Å². The third kappa shape index (κ3) is 4.26. The van der Waals surface area contributed by atoms with Crippen molar-refractivity contribution in [1.29, 1.82) is 0 Å². The van der Waals surface area contributed by atoms with Gasteiger partial charge in [-0.3, -0.25) is 0 Å². The van der Waals surface area contributed by atoms with Crippen molar-refractivity contribution >= 4 is 11.8 Å². The van der Waals surface area contributed by atoms with E-state index < -0.39 is 0 Å². The number of ether oxygens (including phenoxy) is 1. The quantitative estimate of drug-likeness (QED) is 0.794. The van der Waals surface area contributed by atoms with Crippen LogP contribution in [-0.4, -0.2) is 12.3 Å². The van der Waals surface area contributed by atoms with Crippen molar-refractivity contribution in [2.45, 2.75) is 37.3 Å². The number of hydrogen-bond acceptors (Lipinski definition) is 3. The van der Waals surface area contributed by atoms with Crippen LogP contribution in [-0.2, 0) is 0 Å². The maximum absolute atomic E-state index is 6.26. The highest BCUT2D eigenvalue weighted by Gasteiger charge is 2.20. The fraction of sp³-hybridized carbons (Fsp3) is 0.333. The van der Waals surface area contributed by atoms with Gasteiger partial charge >= 0.3 is 0 Å². The highest BCUT2D eigenvalue weighted by molar-refractivity contribution is 7.98. The van der Waals surface area contributed by atoms with Crippen molar-refractivity contribution in [3.8, 4) is 5.75 Å². The van der Waals surface area contributed by atoms with E-state index in [1.165, 1.54) is 10.5 Å². The molecule has 0 saturated carbocycles. The molecule has 0 aromatic heterocycles. The monoisotopic (exact) mass is 301 g/mol. The Balaban J connectivity index is 2.21. The minimum Gasteiger partial charge on any atom is -0.484 e. The SMILES string of the molecule is CCC(N)C(Oc1ccc(SC)cc1)c1ccc(C)cc1. The largest absolute Gasteiger partial charge is 0.484 e. The van der Waals surface area contributed by atoms with Crippen LogP contribution < -0.4 is 10.5 Å². The van der Waals surface area contributed by atoms with Crippen molar-refractivity contribution in [3.05, 3.63) is 59.7 Å². The molecule has 2 nitrogen and oxygen atoms in total. The van der Waals surface area contributed by atoms with Crippen LogP contribution in [0.2, 0.25) is 0 Å². The molecule has 2 N–H and O–H groups in total. The van der Waals surface area contributed by atoms with Gasteiger partial charge in [0.1, 0.15) is 11.9 Å². The van der Waals surface area contributed by atoms with Crippen molar-refractivity contribution in [3.63, 3.8) is 0 Å². The summed E-state index contributed by atoms with van der Waals surface area (Å²) < 4.78 is 6.16. The van der Waals surface area contributed by atoms with Gasteiger partial charge in [0.15, 0.2) is 0 Å². The molecule has 0 amide bonds. The minimum atomic E-state index is -0.115. The molecule has 112 valence electrons. The predicted octanol–water partition coefficient (Wildman–Crippen LogP) is 4.57. The first kappa shape index (κ1) is 15.9. The van der Waals surface area contributed by atoms with E-state index in [2.05, 4.69) is 56.5 Å². The van der Waals surface area contributed by atoms with E-state index >= 15 is 0 Å². The summed E-state index contributed by atoms with van der Waals surface area (Å²) in [6.45, 7) is 4.17. The van der Waals surface area contributed by atoms with E-state index in [4.69, 9.17) is 10.5 Å². The maximum atomic E-state index is 6.26. The molecule has 0 spiro atoms. The van der Waals surface area contributed by atoms with Crippen molar-refractivity contribution < 1.29 is 4.74 Å². The average molecular weight is 301 g/mol. The second kappa shape index (κ2) is 7.53. The van der Waals surface area contributed by atoms with Gasteiger partial charge in [0, 0.05) is 10.9 Å². The Bertz CT molecular complexity index is 550. The van der Waals surface area contributed by atoms with E-state index in [-0.39, 0.29) is 12.1 Å². The molecule has 0 heterocycles. The standard InChI is InChI=1S/C18H23NOS/c1-4-17(19)18(14-7-5-13(2)6-8-14)20-15-9-11-16(21-3)12-10-15/h5-12,17-18H,4,19H2,1-3H3. The van der Waals surface area contributed by atoms with Crippen LogP contribution >= 0.6 is 11.8 Å². The topological polar surface area (TPSA) is 35.2 Å². The molecule has 2 atom stereocenters. The number of aryl methyl sites for hydroxylation is 1. The number of thioether (sulfide) groups is 1. The van der Waals surface area contributed by atoms with Gasteiger partial charge in [-0.05, 0) is 49.4 Å². The predicted molar refractivity (Wildman–Crippen MR) is 91.0 cm³/mol. The van der Waals surface area contributed by atoms with E-state index in [9.17, 15) is 0 Å². The van der Waals surface area contributed by atoms with Crippen LogP contribution in [0.4, 0.5) is 0 Å². The Morgan fingerprint density at radius 3 is 2.19 bits per heavy atom. The van der Waals surface area contributed by atoms with Crippen LogP contribution in [0.5, 0.6) is 5.75 Å². The zero-order chi connectivity index (χ0) is 15.2. The molecule has 0 aliphatic heterocycles. The van der Waals surface area contributed by atoms with Crippen LogP contribution in [0.1, 0.15) is 30.6 Å². The Morgan fingerprint density at radius 1 is 1.05 bits per heavy atom. The molecule has 0 aliphatic rings. The minimum absolute atomic E-state index is 0.0204. The summed E-state index contributed by atoms with van der Waals surface area (Å²) in [6.07, 6.45) is 2.83. The Morgan fingerprint density at radius 2 is 1.67 bits per heavy atom. The van der Waals surface area contributed by atoms with Gasteiger partial charge in [-0.1, -0.05) is 36.8 Å². The molecule has 0 bridgehead atoms. The molecule has 0 aliphatic carbocycles. The fourth-order valence-corrected chi connectivity index (χ4v) is 2.58. The van der Waals surface area contributed by atoms with Gasteiger partial charge in [0.05, 0.1) is 0 Å². The molecule has 2 aromatic carbocycles. The fourth-order valence-electron chi connectivity index (χ4n) is 2.17. The van der Waals surface area contributed by atoms with Gasteiger partial charge in [-0.25, -0.2) is 0 Å². The van der Waals surface area contributed by atoms with Crippen molar-refractivity contribution in [2.75, 3.05) is 6.26 Å². The van der Waals surface area contributed by atoms with Crippen molar-refractivity contribution in [1.82, 2.24) is 0 Å². The highest BCUT2D eigenvalue weighted by atomic mass is 32.2. The van der Waals surface area contributed by atoms with Gasteiger partial charge in [-0.15, -0.1) is 11.8 Å². The smallest absolute Gasteiger partial charge is 0.139 e. The van der Waals surface area contributed by atoms with Crippen LogP contribution in [0, 0.1) is 6.92 Å². The number of nitrogens with two attached hydrogens (primary N) is 1. The second-order valence-corrected chi connectivity index (χ2v) is 6.08. The zero-order valence-corrected chi connectivity index (χ0v) is 13.7. The summed E-state index contributed by atoms with van der Waals surface area (Å²) in [6, 6.07) is 16.6. The van der Waals surface area contributed by atoms with E-state index in [1.807, 2.05) is 12.1 Å². The van der Waals surface area contributed by atoms with E-state index in [0.29, 0.717) is 0 Å². The third-order valence-electron chi connectivity index (χ3n) is 3.59. The first-order chi connectivity index (χ1) is 10.1. The van der Waals surface area contributed by atoms with Gasteiger partial charge in [-0.2, -0.15) is 0 Å². The maximum Gasteiger partial charge on any atom is 0.139 e. The lowest BCUT2D eigenvalue weighted by Gasteiger charge is -2.25. The molecule has 3 heteroatoms. The third-order valence-corrected chi connectivity index (χ3v) is 4.33. The molecule has 0 fully saturated rings. The summed E-state index contributed by atoms with van der Waals surface area (Å²) in [7, 11) is 0. The van der Waals surface area contributed by atoms with E-state index in [0.717, 1.165) is 17.7 Å². The second-order valence-electron chi connectivity index (χ2n) is 5.20. The molecular weight excluding hydrogens is 278 g/mol. The van der Waals surface area contributed by atoms with Gasteiger partial charge < -0.3 is 10.5 Å². The number of benzene rings is 2. The Hall–Kier alpha value is -1.45. The molecular formula is C18H23NOS. The molecule has 0 radical (unpaired) electrons. The van der Waals surface area contributed by atoms with E-state index in [1.54, 1.807) is 11.8 Å². The van der Waals surface area contributed by atoms with Gasteiger partial charge in [0.2, 0.25) is 0 Å².